The van der Waals surface area contributed by atoms with Crippen molar-refractivity contribution in [2.75, 3.05) is 6.54 Å². The number of carbonyl (C=O) groups is 1. The Kier molecular flexibility index (Phi) is 6.97. The summed E-state index contributed by atoms with van der Waals surface area (Å²) >= 11 is 0. The first-order valence-electron chi connectivity index (χ1n) is 9.77. The molecule has 3 N–H and O–H groups in total. The van der Waals surface area contributed by atoms with Crippen LogP contribution in [0, 0.1) is 5.82 Å². The van der Waals surface area contributed by atoms with Crippen LogP contribution in [0.2, 0.25) is 0 Å². The molecule has 0 aromatic heterocycles. The average Bonchev–Trinajstić information content (AvgIpc) is 2.77. The summed E-state index contributed by atoms with van der Waals surface area (Å²) in [5, 5.41) is 7.67. The molecule has 1 aliphatic heterocycles. The molecule has 0 unspecified atom stereocenters. The molecule has 0 radical (unpaired) electrons. The highest BCUT2D eigenvalue weighted by Crippen LogP contribution is 2.38. The molecule has 1 saturated heterocycles. The number of primary sulfonamides is 1. The Morgan fingerprint density at radius 1 is 1.23 bits per heavy atom. The summed E-state index contributed by atoms with van der Waals surface area (Å²) in [6.07, 6.45) is 0.793. The first-order valence-corrected chi connectivity index (χ1v) is 11.3. The lowest BCUT2D eigenvalue weighted by atomic mass is 9.77. The molecule has 1 aromatic rings. The maximum atomic E-state index is 14.6. The van der Waals surface area contributed by atoms with E-state index in [1.165, 1.54) is 18.2 Å². The summed E-state index contributed by atoms with van der Waals surface area (Å²) in [4.78, 5) is 11.8. The van der Waals surface area contributed by atoms with Crippen LogP contribution in [0.1, 0.15) is 54.0 Å². The molecule has 1 fully saturated rings. The van der Waals surface area contributed by atoms with Gasteiger partial charge in [-0.1, -0.05) is 12.1 Å². The first-order chi connectivity index (χ1) is 13.9. The highest BCUT2D eigenvalue weighted by atomic mass is 32.2. The van der Waals surface area contributed by atoms with Gasteiger partial charge >= 0.3 is 13.2 Å². The minimum atomic E-state index is -4.04. The predicted molar refractivity (Wildman–Crippen MR) is 116 cm³/mol. The normalized spacial score (nSPS) is 18.7. The number of benzene rings is 1. The van der Waals surface area contributed by atoms with Gasteiger partial charge in [-0.15, -0.1) is 0 Å². The number of alkyl carbamates (subject to hydrolysis) is 1. The summed E-state index contributed by atoms with van der Waals surface area (Å²) in [5.41, 5.74) is -1.49. The van der Waals surface area contributed by atoms with Crippen molar-refractivity contribution in [1.29, 1.82) is 0 Å². The van der Waals surface area contributed by atoms with Gasteiger partial charge in [0.05, 0.1) is 16.1 Å². The Balaban J connectivity index is 2.37. The molecule has 2 rings (SSSR count). The minimum absolute atomic E-state index is 0.0396. The highest BCUT2D eigenvalue weighted by molar-refractivity contribution is 7.89. The largest absolute Gasteiger partial charge is 0.492 e. The van der Waals surface area contributed by atoms with Crippen molar-refractivity contribution in [3.8, 4) is 0 Å². The first kappa shape index (κ1) is 25.3. The lowest BCUT2D eigenvalue weighted by Gasteiger charge is -2.32. The standard InChI is InChI=1S/C20H30BFN2O6S/c1-18(2,3)28-17(25)24-12-14(21-29-19(4,5)20(6,7)30-21)10-13-8-9-15(11-16(13)22)31(23,26)27/h8-11H,12H2,1-7H3,(H,24,25)(H2,23,26,27). The van der Waals surface area contributed by atoms with E-state index in [0.29, 0.717) is 5.47 Å². The van der Waals surface area contributed by atoms with Crippen LogP contribution in [0.5, 0.6) is 0 Å². The molecule has 1 aliphatic rings. The van der Waals surface area contributed by atoms with Crippen molar-refractivity contribution in [3.05, 3.63) is 35.1 Å². The molecule has 8 nitrogen and oxygen atoms in total. The number of hydrogen-bond donors (Lipinski definition) is 2. The van der Waals surface area contributed by atoms with Crippen LogP contribution < -0.4 is 10.5 Å². The number of halogens is 1. The van der Waals surface area contributed by atoms with Crippen LogP contribution in [0.25, 0.3) is 6.08 Å². The summed E-state index contributed by atoms with van der Waals surface area (Å²) in [5.74, 6) is -0.794. The number of nitrogens with two attached hydrogens (primary N) is 1. The van der Waals surface area contributed by atoms with Crippen molar-refractivity contribution in [2.45, 2.75) is 70.2 Å². The van der Waals surface area contributed by atoms with Gasteiger partial charge in [0, 0.05) is 12.1 Å². The lowest BCUT2D eigenvalue weighted by molar-refractivity contribution is 0.00578. The summed E-state index contributed by atoms with van der Waals surface area (Å²) < 4.78 is 54.8. The molecule has 172 valence electrons. The minimum Gasteiger partial charge on any atom is -0.444 e. The van der Waals surface area contributed by atoms with Gasteiger partial charge in [-0.2, -0.15) is 0 Å². The van der Waals surface area contributed by atoms with Gasteiger partial charge in [0.25, 0.3) is 0 Å². The maximum Gasteiger partial charge on any atom is 0.492 e. The SMILES string of the molecule is CC(C)(C)OC(=O)NCC(=Cc1ccc(S(N)(=O)=O)cc1F)B1OC(C)(C)C(C)(C)O1. The molecule has 1 aromatic carbocycles. The van der Waals surface area contributed by atoms with E-state index >= 15 is 0 Å². The quantitative estimate of drug-likeness (QED) is 0.658. The van der Waals surface area contributed by atoms with Gasteiger partial charge < -0.3 is 19.4 Å². The summed E-state index contributed by atoms with van der Waals surface area (Å²) in [7, 11) is -4.90. The second-order valence-electron chi connectivity index (χ2n) is 9.39. The third-order valence-electron chi connectivity index (χ3n) is 5.03. The Morgan fingerprint density at radius 3 is 2.23 bits per heavy atom. The van der Waals surface area contributed by atoms with Gasteiger partial charge in [-0.3, -0.25) is 0 Å². The molecule has 11 heteroatoms. The van der Waals surface area contributed by atoms with Gasteiger partial charge in [0.15, 0.2) is 0 Å². The van der Waals surface area contributed by atoms with E-state index in [-0.39, 0.29) is 17.0 Å². The van der Waals surface area contributed by atoms with E-state index in [9.17, 15) is 17.6 Å². The summed E-state index contributed by atoms with van der Waals surface area (Å²) in [6.45, 7) is 12.6. The van der Waals surface area contributed by atoms with E-state index in [0.717, 1.165) is 6.07 Å². The molecule has 31 heavy (non-hydrogen) atoms. The average molecular weight is 456 g/mol. The molecule has 1 amide bonds. The van der Waals surface area contributed by atoms with Crippen LogP contribution >= 0.6 is 0 Å². The monoisotopic (exact) mass is 456 g/mol. The zero-order chi connectivity index (χ0) is 23.8. The van der Waals surface area contributed by atoms with Crippen LogP contribution in [0.15, 0.2) is 28.6 Å². The molecular weight excluding hydrogens is 426 g/mol. The van der Waals surface area contributed by atoms with Crippen LogP contribution in [-0.2, 0) is 24.1 Å². The Hall–Kier alpha value is -1.95. The van der Waals surface area contributed by atoms with Crippen molar-refractivity contribution in [1.82, 2.24) is 5.32 Å². The number of rotatable bonds is 5. The molecule has 0 bridgehead atoms. The topological polar surface area (TPSA) is 117 Å². The molecule has 0 atom stereocenters. The van der Waals surface area contributed by atoms with Crippen molar-refractivity contribution < 1.29 is 31.6 Å². The van der Waals surface area contributed by atoms with E-state index in [4.69, 9.17) is 19.2 Å². The Labute approximate surface area is 183 Å². The van der Waals surface area contributed by atoms with E-state index in [1.54, 1.807) is 20.8 Å². The molecule has 0 aliphatic carbocycles. The van der Waals surface area contributed by atoms with E-state index in [1.807, 2.05) is 27.7 Å². The van der Waals surface area contributed by atoms with Crippen LogP contribution in [0.3, 0.4) is 0 Å². The number of ether oxygens (including phenoxy) is 1. The Bertz CT molecular complexity index is 970. The Morgan fingerprint density at radius 2 is 1.77 bits per heavy atom. The number of sulfonamides is 1. The molecule has 0 spiro atoms. The number of nitrogens with one attached hydrogen (secondary N) is 1. The van der Waals surface area contributed by atoms with Crippen LogP contribution in [0.4, 0.5) is 9.18 Å². The number of amides is 1. The fraction of sp³-hybridized carbons (Fsp3) is 0.550. The van der Waals surface area contributed by atoms with Crippen molar-refractivity contribution in [2.24, 2.45) is 5.14 Å². The van der Waals surface area contributed by atoms with Gasteiger partial charge in [-0.05, 0) is 66.1 Å². The van der Waals surface area contributed by atoms with Crippen LogP contribution in [-0.4, -0.2) is 45.0 Å². The van der Waals surface area contributed by atoms with Crippen molar-refractivity contribution >= 4 is 29.3 Å². The van der Waals surface area contributed by atoms with E-state index < -0.39 is 45.9 Å². The second-order valence-corrected chi connectivity index (χ2v) is 11.0. The van der Waals surface area contributed by atoms with Crippen molar-refractivity contribution in [3.63, 3.8) is 0 Å². The summed E-state index contributed by atoms with van der Waals surface area (Å²) in [6, 6.07) is 3.32. The lowest BCUT2D eigenvalue weighted by Crippen LogP contribution is -2.41. The van der Waals surface area contributed by atoms with Gasteiger partial charge in [0.1, 0.15) is 11.4 Å². The second kappa shape index (κ2) is 8.53. The fourth-order valence-electron chi connectivity index (χ4n) is 2.69. The zero-order valence-corrected chi connectivity index (χ0v) is 19.7. The number of carbonyl (C=O) groups excluding carboxylic acids is 1. The molecule has 1 heterocycles. The molecule has 0 saturated carbocycles. The van der Waals surface area contributed by atoms with Gasteiger partial charge in [0.2, 0.25) is 10.0 Å². The maximum absolute atomic E-state index is 14.6. The predicted octanol–water partition coefficient (Wildman–Crippen LogP) is 3.01. The third-order valence-corrected chi connectivity index (χ3v) is 5.94. The zero-order valence-electron chi connectivity index (χ0n) is 18.9. The smallest absolute Gasteiger partial charge is 0.444 e. The molecular formula is C20H30BFN2O6S. The third kappa shape index (κ3) is 6.52. The fourth-order valence-corrected chi connectivity index (χ4v) is 3.21. The highest BCUT2D eigenvalue weighted by Gasteiger charge is 2.52. The van der Waals surface area contributed by atoms with Gasteiger partial charge in [-0.25, -0.2) is 22.7 Å². The van der Waals surface area contributed by atoms with E-state index in [2.05, 4.69) is 5.32 Å². The number of hydrogen-bond acceptors (Lipinski definition) is 6.